The van der Waals surface area contributed by atoms with Crippen LogP contribution < -0.4 is 5.56 Å². The van der Waals surface area contributed by atoms with E-state index in [1.54, 1.807) is 6.33 Å². The molecule has 1 N–H and O–H groups in total. The highest BCUT2D eigenvalue weighted by Crippen LogP contribution is 2.48. The van der Waals surface area contributed by atoms with Gasteiger partial charge in [0.1, 0.15) is 17.7 Å². The number of nitrogens with zero attached hydrogens (tertiary/aromatic N) is 5. The van der Waals surface area contributed by atoms with Gasteiger partial charge >= 0.3 is 0 Å². The molecule has 0 unspecified atom stereocenters. The van der Waals surface area contributed by atoms with E-state index in [9.17, 15) is 4.79 Å². The Morgan fingerprint density at radius 2 is 2.00 bits per heavy atom. The summed E-state index contributed by atoms with van der Waals surface area (Å²) in [7, 11) is 2.02. The second-order valence-electron chi connectivity index (χ2n) is 11.9. The molecule has 1 aromatic carbocycles. The topological polar surface area (TPSA) is 71.7 Å². The van der Waals surface area contributed by atoms with E-state index < -0.39 is 0 Å². The largest absolute Gasteiger partial charge is 0.353 e. The Balaban J connectivity index is 0.00000154. The Labute approximate surface area is 223 Å². The molecule has 1 aliphatic heterocycles. The number of halogens is 1. The number of hydrogen-bond acceptors (Lipinski definition) is 4. The van der Waals surface area contributed by atoms with E-state index in [0.717, 1.165) is 66.5 Å². The van der Waals surface area contributed by atoms with Crippen LogP contribution in [0.1, 0.15) is 81.9 Å². The van der Waals surface area contributed by atoms with Crippen molar-refractivity contribution in [1.82, 2.24) is 29.2 Å². The zero-order valence-corrected chi connectivity index (χ0v) is 22.3. The molecule has 3 aromatic heterocycles. The molecular weight excluding hydrogens is 479 g/mol. The van der Waals surface area contributed by atoms with Crippen LogP contribution in [0.15, 0.2) is 47.7 Å². The van der Waals surface area contributed by atoms with Gasteiger partial charge < -0.3 is 9.55 Å². The van der Waals surface area contributed by atoms with Gasteiger partial charge in [-0.25, -0.2) is 0 Å². The zero-order valence-electron chi connectivity index (χ0n) is 22.3. The third-order valence-corrected chi connectivity index (χ3v) is 9.06. The number of hydrogen-bond donors (Lipinski definition) is 1. The Morgan fingerprint density at radius 3 is 2.68 bits per heavy atom. The molecule has 0 radical (unpaired) electrons. The molecule has 0 spiro atoms. The first-order valence-corrected chi connectivity index (χ1v) is 14.0. The molecular formula is C30H39FN6O. The number of rotatable bonds is 6. The molecule has 8 heteroatoms. The fraction of sp³-hybridized carbons (Fsp3) is 0.500. The molecule has 3 aliphatic rings. The minimum Gasteiger partial charge on any atom is -0.353 e. The van der Waals surface area contributed by atoms with Gasteiger partial charge in [0.15, 0.2) is 0 Å². The van der Waals surface area contributed by atoms with Crippen molar-refractivity contribution in [2.45, 2.75) is 69.7 Å². The van der Waals surface area contributed by atoms with Gasteiger partial charge in [0.25, 0.3) is 5.56 Å². The van der Waals surface area contributed by atoms with Gasteiger partial charge in [0, 0.05) is 44.5 Å². The molecule has 4 heterocycles. The first-order valence-electron chi connectivity index (χ1n) is 14.0. The summed E-state index contributed by atoms with van der Waals surface area (Å²) in [4.78, 5) is 20.0. The Hall–Kier alpha value is -3.26. The van der Waals surface area contributed by atoms with E-state index in [4.69, 9.17) is 0 Å². The minimum absolute atomic E-state index is 0. The second kappa shape index (κ2) is 9.49. The van der Waals surface area contributed by atoms with Crippen molar-refractivity contribution in [1.29, 1.82) is 0 Å². The average molecular weight is 519 g/mol. The highest BCUT2D eigenvalue weighted by molar-refractivity contribution is 5.84. The molecule has 3 fully saturated rings. The first kappa shape index (κ1) is 25.0. The molecule has 7 rings (SSSR count). The van der Waals surface area contributed by atoms with Crippen molar-refractivity contribution in [3.05, 3.63) is 75.9 Å². The van der Waals surface area contributed by atoms with Gasteiger partial charge in [-0.05, 0) is 86.2 Å². The summed E-state index contributed by atoms with van der Waals surface area (Å²) in [5.74, 6) is 2.30. The molecule has 4 aromatic rings. The van der Waals surface area contributed by atoms with Crippen LogP contribution in [0, 0.1) is 5.92 Å². The number of aromatic nitrogens is 5. The van der Waals surface area contributed by atoms with E-state index in [0.29, 0.717) is 5.92 Å². The maximum atomic E-state index is 13.9. The Morgan fingerprint density at radius 1 is 1.16 bits per heavy atom. The maximum Gasteiger partial charge on any atom is 0.279 e. The summed E-state index contributed by atoms with van der Waals surface area (Å²) in [5, 5.41) is 9.76. The molecule has 1 saturated heterocycles. The number of aromatic amines is 1. The van der Waals surface area contributed by atoms with Crippen LogP contribution in [-0.4, -0.2) is 42.3 Å². The highest BCUT2D eigenvalue weighted by atomic mass is 19.0. The number of fused-ring (bicyclic) bond motifs is 1. The van der Waals surface area contributed by atoms with Gasteiger partial charge in [-0.15, -0.1) is 10.2 Å². The van der Waals surface area contributed by atoms with Crippen LogP contribution >= 0.6 is 0 Å². The normalized spacial score (nSPS) is 21.3. The van der Waals surface area contributed by atoms with Crippen LogP contribution in [-0.2, 0) is 19.0 Å². The number of aryl methyl sites for hydroxylation is 1. The number of benzene rings is 1. The minimum atomic E-state index is -0.126. The Bertz CT molecular complexity index is 1530. The molecule has 202 valence electrons. The van der Waals surface area contributed by atoms with E-state index in [2.05, 4.69) is 63.5 Å². The van der Waals surface area contributed by atoms with Gasteiger partial charge in [0.05, 0.1) is 5.41 Å². The predicted octanol–water partition coefficient (Wildman–Crippen LogP) is 5.43. The number of piperidine rings is 1. The fourth-order valence-electron chi connectivity index (χ4n) is 6.80. The van der Waals surface area contributed by atoms with Crippen molar-refractivity contribution < 1.29 is 6.13 Å². The third kappa shape index (κ3) is 4.10. The van der Waals surface area contributed by atoms with E-state index in [1.165, 1.54) is 43.2 Å². The van der Waals surface area contributed by atoms with Crippen LogP contribution in [0.25, 0.3) is 16.6 Å². The Kier molecular flexibility index (Phi) is 6.25. The van der Waals surface area contributed by atoms with Crippen molar-refractivity contribution >= 4 is 10.9 Å². The molecule has 0 amide bonds. The predicted molar refractivity (Wildman–Crippen MR) is 150 cm³/mol. The average Bonchev–Trinajstić information content (AvgIpc) is 3.48. The monoisotopic (exact) mass is 518 g/mol. The second-order valence-corrected chi connectivity index (χ2v) is 11.9. The lowest BCUT2D eigenvalue weighted by atomic mass is 9.63. The highest BCUT2D eigenvalue weighted by Gasteiger charge is 2.44. The van der Waals surface area contributed by atoms with Gasteiger partial charge in [-0.3, -0.25) is 19.0 Å². The molecule has 38 heavy (non-hydrogen) atoms. The summed E-state index contributed by atoms with van der Waals surface area (Å²) in [6.45, 7) is 5.50. The quantitative estimate of drug-likeness (QED) is 0.370. The summed E-state index contributed by atoms with van der Waals surface area (Å²) in [6.07, 6.45) is 12.2. The van der Waals surface area contributed by atoms with Crippen molar-refractivity contribution in [2.75, 3.05) is 13.1 Å². The van der Waals surface area contributed by atoms with Gasteiger partial charge in [-0.2, -0.15) is 0 Å². The third-order valence-electron chi connectivity index (χ3n) is 9.06. The summed E-state index contributed by atoms with van der Waals surface area (Å²) >= 11 is 0. The van der Waals surface area contributed by atoms with Crippen LogP contribution in [0.3, 0.4) is 0 Å². The lowest BCUT2D eigenvalue weighted by Crippen LogP contribution is -2.38. The maximum absolute atomic E-state index is 13.9. The molecule has 2 saturated carbocycles. The van der Waals surface area contributed by atoms with Crippen molar-refractivity contribution in [3.8, 4) is 5.69 Å². The molecule has 1 atom stereocenters. The number of nitrogens with one attached hydrogen (secondary N) is 1. The summed E-state index contributed by atoms with van der Waals surface area (Å²) in [5.41, 5.74) is 5.28. The zero-order chi connectivity index (χ0) is 25.1. The lowest BCUT2D eigenvalue weighted by Gasteiger charge is -2.41. The van der Waals surface area contributed by atoms with Crippen LogP contribution in [0.2, 0.25) is 0 Å². The van der Waals surface area contributed by atoms with E-state index in [1.807, 2.05) is 16.2 Å². The van der Waals surface area contributed by atoms with Crippen molar-refractivity contribution in [2.24, 2.45) is 13.0 Å². The van der Waals surface area contributed by atoms with Crippen LogP contribution in [0.5, 0.6) is 0 Å². The SMILES string of the molecule is C[C@H]1CCCN(Cc2cc3c(C4CC4)cn(-c4cccc(C5(c6nncn6C)CCC5)c4)c(=O)c3[nH]2)C1.F.[HH]. The van der Waals surface area contributed by atoms with E-state index >= 15 is 0 Å². The molecule has 2 aliphatic carbocycles. The van der Waals surface area contributed by atoms with Gasteiger partial charge in [0.2, 0.25) is 0 Å². The lowest BCUT2D eigenvalue weighted by molar-refractivity contribution is 0.175. The van der Waals surface area contributed by atoms with Crippen LogP contribution in [0.4, 0.5) is 4.70 Å². The number of pyridine rings is 1. The molecule has 7 nitrogen and oxygen atoms in total. The number of likely N-dealkylation sites (tertiary alicyclic amines) is 1. The smallest absolute Gasteiger partial charge is 0.279 e. The van der Waals surface area contributed by atoms with E-state index in [-0.39, 0.29) is 17.1 Å². The standard InChI is InChI=1S/C30H36N6O.FH.H2/c1-20-6-4-13-35(16-20)17-23-15-25-26(21-9-10-21)18-36(28(37)27(25)32-23)24-8-3-7-22(14-24)30(11-5-12-30)29-33-31-19-34(29)2;;/h3,7-8,14-15,18-21,32H,4-6,9-13,16-17H2,1-2H3;2*1H/t20-;;/m0../s1. The van der Waals surface area contributed by atoms with Gasteiger partial charge in [-0.1, -0.05) is 25.5 Å². The first-order chi connectivity index (χ1) is 18.0. The van der Waals surface area contributed by atoms with Crippen molar-refractivity contribution in [3.63, 3.8) is 0 Å². The summed E-state index contributed by atoms with van der Waals surface area (Å²) in [6, 6.07) is 10.8. The molecule has 0 bridgehead atoms. The fourth-order valence-corrected chi connectivity index (χ4v) is 6.80. The number of H-pyrrole nitrogens is 1. The summed E-state index contributed by atoms with van der Waals surface area (Å²) < 4.78 is 3.92.